The Morgan fingerprint density at radius 3 is 3.17 bits per heavy atom. The van der Waals surface area contributed by atoms with E-state index in [0.717, 1.165) is 4.88 Å². The minimum atomic E-state index is -0.0154. The zero-order valence-corrected chi connectivity index (χ0v) is 7.99. The normalized spacial score (nSPS) is 9.75. The third-order valence-corrected chi connectivity index (χ3v) is 2.23. The summed E-state index contributed by atoms with van der Waals surface area (Å²) in [5.41, 5.74) is 1.74. The van der Waals surface area contributed by atoms with Gasteiger partial charge in [-0.3, -0.25) is 9.78 Å². The van der Waals surface area contributed by atoms with E-state index in [0.29, 0.717) is 18.8 Å². The highest BCUT2D eigenvalue weighted by Gasteiger charge is 1.99. The molecule has 1 aromatic heterocycles. The molecule has 0 saturated heterocycles. The average molecular weight is 205 g/mol. The summed E-state index contributed by atoms with van der Waals surface area (Å²) in [5.74, 6) is 0.354. The van der Waals surface area contributed by atoms with Gasteiger partial charge < -0.3 is 5.32 Å². The van der Waals surface area contributed by atoms with Crippen molar-refractivity contribution < 1.29 is 4.79 Å². The van der Waals surface area contributed by atoms with E-state index in [1.165, 1.54) is 11.3 Å². The number of thiazole rings is 1. The molecule has 0 aliphatic heterocycles. The van der Waals surface area contributed by atoms with Crippen LogP contribution in [0.25, 0.3) is 0 Å². The Hall–Kier alpha value is -0.610. The van der Waals surface area contributed by atoms with Crippen molar-refractivity contribution in [3.8, 4) is 0 Å². The summed E-state index contributed by atoms with van der Waals surface area (Å²) in [4.78, 5) is 15.9. The standard InChI is InChI=1S/C7H9ClN2OS/c8-2-1-7(11)10-4-6-3-9-5-12-6/h3,5H,1-2,4H2,(H,10,11). The number of halogens is 1. The lowest BCUT2D eigenvalue weighted by molar-refractivity contribution is -0.120. The Labute approximate surface area is 79.8 Å². The van der Waals surface area contributed by atoms with Crippen molar-refractivity contribution in [3.63, 3.8) is 0 Å². The number of nitrogens with zero attached hydrogens (tertiary/aromatic N) is 1. The molecule has 12 heavy (non-hydrogen) atoms. The topological polar surface area (TPSA) is 42.0 Å². The molecular weight excluding hydrogens is 196 g/mol. The van der Waals surface area contributed by atoms with Crippen molar-refractivity contribution >= 4 is 28.8 Å². The maximum absolute atomic E-state index is 10.9. The quantitative estimate of drug-likeness (QED) is 0.754. The highest BCUT2D eigenvalue weighted by Crippen LogP contribution is 2.03. The van der Waals surface area contributed by atoms with Crippen molar-refractivity contribution in [3.05, 3.63) is 16.6 Å². The van der Waals surface area contributed by atoms with E-state index in [4.69, 9.17) is 11.6 Å². The lowest BCUT2D eigenvalue weighted by Crippen LogP contribution is -2.22. The van der Waals surface area contributed by atoms with E-state index in [-0.39, 0.29) is 5.91 Å². The predicted molar refractivity (Wildman–Crippen MR) is 49.3 cm³/mol. The first-order valence-electron chi connectivity index (χ1n) is 3.53. The van der Waals surface area contributed by atoms with Crippen LogP contribution < -0.4 is 5.32 Å². The first-order chi connectivity index (χ1) is 5.83. The summed E-state index contributed by atoms with van der Waals surface area (Å²) in [6.07, 6.45) is 2.12. The smallest absolute Gasteiger partial charge is 0.221 e. The Morgan fingerprint density at radius 2 is 2.58 bits per heavy atom. The number of aromatic nitrogens is 1. The molecule has 0 bridgehead atoms. The molecule has 0 saturated carbocycles. The van der Waals surface area contributed by atoms with Gasteiger partial charge in [0.05, 0.1) is 12.1 Å². The van der Waals surface area contributed by atoms with Crippen LogP contribution in [0.4, 0.5) is 0 Å². The van der Waals surface area contributed by atoms with Gasteiger partial charge >= 0.3 is 0 Å². The van der Waals surface area contributed by atoms with Crippen molar-refractivity contribution in [1.29, 1.82) is 0 Å². The molecule has 0 unspecified atom stereocenters. The minimum Gasteiger partial charge on any atom is -0.351 e. The van der Waals surface area contributed by atoms with Crippen molar-refractivity contribution in [2.24, 2.45) is 0 Å². The Bertz CT molecular complexity index is 238. The fourth-order valence-electron chi connectivity index (χ4n) is 0.689. The van der Waals surface area contributed by atoms with Gasteiger partial charge in [-0.25, -0.2) is 0 Å². The molecule has 0 aromatic carbocycles. The van der Waals surface area contributed by atoms with Crippen LogP contribution in [0.3, 0.4) is 0 Å². The lowest BCUT2D eigenvalue weighted by Gasteiger charge is -1.99. The fraction of sp³-hybridized carbons (Fsp3) is 0.429. The van der Waals surface area contributed by atoms with Crippen molar-refractivity contribution in [1.82, 2.24) is 10.3 Å². The first kappa shape index (κ1) is 9.48. The molecule has 1 aromatic rings. The van der Waals surface area contributed by atoms with Crippen LogP contribution in [0.2, 0.25) is 0 Å². The van der Waals surface area contributed by atoms with Gasteiger partial charge in [-0.1, -0.05) is 0 Å². The van der Waals surface area contributed by atoms with Crippen LogP contribution in [0, 0.1) is 0 Å². The van der Waals surface area contributed by atoms with Gasteiger partial charge in [0.2, 0.25) is 5.91 Å². The van der Waals surface area contributed by atoms with E-state index in [1.54, 1.807) is 11.7 Å². The summed E-state index contributed by atoms with van der Waals surface area (Å²) < 4.78 is 0. The summed E-state index contributed by atoms with van der Waals surface area (Å²) in [6.45, 7) is 0.556. The first-order valence-corrected chi connectivity index (χ1v) is 4.94. The van der Waals surface area contributed by atoms with E-state index >= 15 is 0 Å². The van der Waals surface area contributed by atoms with Crippen LogP contribution in [0.1, 0.15) is 11.3 Å². The second-order valence-electron chi connectivity index (χ2n) is 2.18. The van der Waals surface area contributed by atoms with Crippen LogP contribution in [0.15, 0.2) is 11.7 Å². The maximum atomic E-state index is 10.9. The summed E-state index contributed by atoms with van der Waals surface area (Å²) >= 11 is 6.91. The highest BCUT2D eigenvalue weighted by molar-refractivity contribution is 7.09. The Kier molecular flexibility index (Phi) is 4.04. The molecule has 5 heteroatoms. The molecule has 3 nitrogen and oxygen atoms in total. The minimum absolute atomic E-state index is 0.0154. The van der Waals surface area contributed by atoms with Gasteiger partial charge in [0.1, 0.15) is 0 Å². The zero-order chi connectivity index (χ0) is 8.81. The molecule has 0 radical (unpaired) electrons. The molecule has 0 aliphatic carbocycles. The van der Waals surface area contributed by atoms with Gasteiger partial charge in [0, 0.05) is 23.4 Å². The number of nitrogens with one attached hydrogen (secondary N) is 1. The summed E-state index contributed by atoms with van der Waals surface area (Å²) in [7, 11) is 0. The Balaban J connectivity index is 2.22. The van der Waals surface area contributed by atoms with E-state index in [9.17, 15) is 4.79 Å². The fourth-order valence-corrected chi connectivity index (χ4v) is 1.40. The zero-order valence-electron chi connectivity index (χ0n) is 6.42. The molecule has 0 aliphatic rings. The van der Waals surface area contributed by atoms with Gasteiger partial charge in [0.25, 0.3) is 0 Å². The molecule has 0 atom stereocenters. The number of alkyl halides is 1. The monoisotopic (exact) mass is 204 g/mol. The molecule has 1 rings (SSSR count). The van der Waals surface area contributed by atoms with Crippen molar-refractivity contribution in [2.75, 3.05) is 5.88 Å². The second-order valence-corrected chi connectivity index (χ2v) is 3.53. The molecular formula is C7H9ClN2OS. The number of carbonyl (C=O) groups excluding carboxylic acids is 1. The highest BCUT2D eigenvalue weighted by atomic mass is 35.5. The third-order valence-electron chi connectivity index (χ3n) is 1.26. The maximum Gasteiger partial charge on any atom is 0.221 e. The molecule has 1 amide bonds. The second kappa shape index (κ2) is 5.11. The SMILES string of the molecule is O=C(CCCl)NCc1cncs1. The van der Waals surface area contributed by atoms with Crippen LogP contribution >= 0.6 is 22.9 Å². The summed E-state index contributed by atoms with van der Waals surface area (Å²) in [5, 5.41) is 2.73. The summed E-state index contributed by atoms with van der Waals surface area (Å²) in [6, 6.07) is 0. The molecule has 0 spiro atoms. The van der Waals surface area contributed by atoms with E-state index < -0.39 is 0 Å². The van der Waals surface area contributed by atoms with Crippen LogP contribution in [-0.2, 0) is 11.3 Å². The van der Waals surface area contributed by atoms with Gasteiger partial charge in [0.15, 0.2) is 0 Å². The predicted octanol–water partition coefficient (Wildman–Crippen LogP) is 1.39. The number of rotatable bonds is 4. The van der Waals surface area contributed by atoms with E-state index in [2.05, 4.69) is 10.3 Å². The molecule has 0 fully saturated rings. The van der Waals surface area contributed by atoms with Crippen LogP contribution in [0.5, 0.6) is 0 Å². The van der Waals surface area contributed by atoms with Crippen molar-refractivity contribution in [2.45, 2.75) is 13.0 Å². The Morgan fingerprint density at radius 1 is 1.75 bits per heavy atom. The van der Waals surface area contributed by atoms with Gasteiger partial charge in [-0.2, -0.15) is 0 Å². The average Bonchev–Trinajstić information content (AvgIpc) is 2.53. The largest absolute Gasteiger partial charge is 0.351 e. The van der Waals surface area contributed by atoms with Crippen LogP contribution in [-0.4, -0.2) is 16.8 Å². The van der Waals surface area contributed by atoms with E-state index in [1.807, 2.05) is 0 Å². The third kappa shape index (κ3) is 3.19. The molecule has 1 N–H and O–H groups in total. The van der Waals surface area contributed by atoms with Gasteiger partial charge in [-0.05, 0) is 0 Å². The molecule has 1 heterocycles. The number of hydrogen-bond acceptors (Lipinski definition) is 3. The number of hydrogen-bond donors (Lipinski definition) is 1. The number of carbonyl (C=O) groups is 1. The number of amides is 1. The molecule has 66 valence electrons. The van der Waals surface area contributed by atoms with Gasteiger partial charge in [-0.15, -0.1) is 22.9 Å². The lowest BCUT2D eigenvalue weighted by atomic mass is 10.4.